The van der Waals surface area contributed by atoms with Gasteiger partial charge in [-0.25, -0.2) is 4.79 Å². The van der Waals surface area contributed by atoms with Crippen LogP contribution in [-0.4, -0.2) is 39.0 Å². The highest BCUT2D eigenvalue weighted by Gasteiger charge is 2.23. The summed E-state index contributed by atoms with van der Waals surface area (Å²) in [7, 11) is -8.42. The molecule has 36 heavy (non-hydrogen) atoms. The molecule has 16 heteroatoms. The lowest BCUT2D eigenvalue weighted by atomic mass is 10.2. The second kappa shape index (κ2) is 10.2. The third-order valence-electron chi connectivity index (χ3n) is 4.57. The molecule has 0 spiro atoms. The Morgan fingerprint density at radius 1 is 0.750 bits per heavy atom. The average molecular weight is 535 g/mol. The van der Waals surface area contributed by atoms with Gasteiger partial charge in [-0.2, -0.15) is 16.8 Å². The van der Waals surface area contributed by atoms with Gasteiger partial charge in [0.1, 0.15) is 32.5 Å². The molecule has 0 heterocycles. The van der Waals surface area contributed by atoms with Crippen LogP contribution in [0.3, 0.4) is 0 Å². The SMILES string of the molecule is COC(=O)c1ccccc1N=Nc1cc(S(=O)(=O)O)c(N)c(N=Nc2ccccc2S(=O)(=O)O)c1N. The fourth-order valence-electron chi connectivity index (χ4n) is 2.88. The van der Waals surface area contributed by atoms with E-state index < -0.39 is 47.4 Å². The normalized spacial score (nSPS) is 12.3. The molecule has 0 atom stereocenters. The molecule has 0 bridgehead atoms. The van der Waals surface area contributed by atoms with Crippen LogP contribution in [0, 0.1) is 0 Å². The van der Waals surface area contributed by atoms with Crippen LogP contribution >= 0.6 is 0 Å². The van der Waals surface area contributed by atoms with Gasteiger partial charge >= 0.3 is 5.97 Å². The Balaban J connectivity index is 2.19. The minimum absolute atomic E-state index is 0.0505. The molecule has 3 aromatic carbocycles. The van der Waals surface area contributed by atoms with Gasteiger partial charge in [-0.05, 0) is 30.3 Å². The summed E-state index contributed by atoms with van der Waals surface area (Å²) in [4.78, 5) is 10.5. The fourth-order valence-corrected chi connectivity index (χ4v) is 4.14. The lowest BCUT2D eigenvalue weighted by Crippen LogP contribution is -2.05. The molecule has 0 amide bonds. The van der Waals surface area contributed by atoms with Gasteiger partial charge in [0.25, 0.3) is 20.2 Å². The summed E-state index contributed by atoms with van der Waals surface area (Å²) in [5.41, 5.74) is 9.92. The fraction of sp³-hybridized carbons (Fsp3) is 0.0500. The highest BCUT2D eigenvalue weighted by molar-refractivity contribution is 7.86. The van der Waals surface area contributed by atoms with Gasteiger partial charge in [-0.3, -0.25) is 9.11 Å². The topological polar surface area (TPSA) is 237 Å². The number of esters is 1. The Morgan fingerprint density at radius 2 is 1.28 bits per heavy atom. The number of methoxy groups -OCH3 is 1. The lowest BCUT2D eigenvalue weighted by molar-refractivity contribution is 0.0601. The number of nitrogen functional groups attached to an aromatic ring is 2. The van der Waals surface area contributed by atoms with Crippen LogP contribution in [0.15, 0.2) is 84.8 Å². The van der Waals surface area contributed by atoms with Gasteiger partial charge in [0.15, 0.2) is 0 Å². The van der Waals surface area contributed by atoms with Crippen LogP contribution in [-0.2, 0) is 25.0 Å². The third kappa shape index (κ3) is 5.69. The number of ether oxygens (including phenoxy) is 1. The van der Waals surface area contributed by atoms with Crippen LogP contribution in [0.4, 0.5) is 34.1 Å². The molecule has 14 nitrogen and oxygen atoms in total. The molecule has 188 valence electrons. The van der Waals surface area contributed by atoms with E-state index in [-0.39, 0.29) is 28.3 Å². The van der Waals surface area contributed by atoms with Crippen LogP contribution in [0.5, 0.6) is 0 Å². The monoisotopic (exact) mass is 534 g/mol. The zero-order valence-electron chi connectivity index (χ0n) is 18.3. The van der Waals surface area contributed by atoms with Crippen molar-refractivity contribution in [3.8, 4) is 0 Å². The minimum Gasteiger partial charge on any atom is -0.465 e. The smallest absolute Gasteiger partial charge is 0.340 e. The first-order chi connectivity index (χ1) is 16.8. The van der Waals surface area contributed by atoms with E-state index in [1.807, 2.05) is 0 Å². The highest BCUT2D eigenvalue weighted by Crippen LogP contribution is 2.43. The van der Waals surface area contributed by atoms with Crippen molar-refractivity contribution in [2.45, 2.75) is 9.79 Å². The average Bonchev–Trinajstić information content (AvgIpc) is 2.82. The Labute approximate surface area is 204 Å². The minimum atomic E-state index is -4.91. The predicted molar refractivity (Wildman–Crippen MR) is 127 cm³/mol. The molecule has 3 rings (SSSR count). The van der Waals surface area contributed by atoms with Crippen molar-refractivity contribution in [3.63, 3.8) is 0 Å². The Morgan fingerprint density at radius 3 is 1.89 bits per heavy atom. The highest BCUT2D eigenvalue weighted by atomic mass is 32.2. The van der Waals surface area contributed by atoms with Gasteiger partial charge < -0.3 is 16.2 Å². The van der Waals surface area contributed by atoms with Gasteiger partial charge in [0.05, 0.1) is 24.0 Å². The molecule has 0 aliphatic carbocycles. The van der Waals surface area contributed by atoms with Gasteiger partial charge in [0, 0.05) is 0 Å². The van der Waals surface area contributed by atoms with Crippen molar-refractivity contribution in [1.82, 2.24) is 0 Å². The number of hydrogen-bond donors (Lipinski definition) is 4. The van der Waals surface area contributed by atoms with Crippen molar-refractivity contribution < 1.29 is 35.5 Å². The van der Waals surface area contributed by atoms with Crippen molar-refractivity contribution in [3.05, 3.63) is 60.2 Å². The maximum atomic E-state index is 11.9. The van der Waals surface area contributed by atoms with Gasteiger partial charge in [-0.15, -0.1) is 20.5 Å². The number of carbonyl (C=O) groups excluding carboxylic acids is 1. The molecule has 0 saturated carbocycles. The molecule has 0 unspecified atom stereocenters. The number of hydrogen-bond acceptors (Lipinski definition) is 12. The summed E-state index contributed by atoms with van der Waals surface area (Å²) < 4.78 is 70.6. The molecule has 0 radical (unpaired) electrons. The number of benzene rings is 3. The quantitative estimate of drug-likeness (QED) is 0.147. The molecule has 0 saturated heterocycles. The van der Waals surface area contributed by atoms with E-state index in [1.165, 1.54) is 37.4 Å². The van der Waals surface area contributed by atoms with Crippen LogP contribution in [0.2, 0.25) is 0 Å². The molecule has 0 aliphatic heterocycles. The van der Waals surface area contributed by atoms with E-state index in [1.54, 1.807) is 12.1 Å². The second-order valence-electron chi connectivity index (χ2n) is 6.90. The van der Waals surface area contributed by atoms with E-state index in [9.17, 15) is 30.7 Å². The molecule has 0 aliphatic rings. The first-order valence-corrected chi connectivity index (χ1v) is 12.5. The Kier molecular flexibility index (Phi) is 7.44. The Bertz CT molecular complexity index is 1620. The lowest BCUT2D eigenvalue weighted by Gasteiger charge is -2.11. The molecule has 0 aromatic heterocycles. The molecular formula is C20H18N6O8S2. The molecule has 6 N–H and O–H groups in total. The Hall–Kier alpha value is -4.25. The van der Waals surface area contributed by atoms with Gasteiger partial charge in [-0.1, -0.05) is 24.3 Å². The van der Waals surface area contributed by atoms with Crippen LogP contribution in [0.1, 0.15) is 10.4 Å². The van der Waals surface area contributed by atoms with Crippen molar-refractivity contribution in [1.29, 1.82) is 0 Å². The summed E-state index contributed by atoms with van der Waals surface area (Å²) in [6.07, 6.45) is 0. The number of anilines is 2. The molecule has 3 aromatic rings. The standard InChI is InChI=1S/C20H18N6O8S2/c1-34-20(27)11-6-2-3-7-12(11)23-25-14-10-16(36(31,32)33)18(22)19(17(14)21)26-24-13-8-4-5-9-15(13)35(28,29)30/h2-10H,21-22H2,1H3,(H,28,29,30)(H,31,32,33). The first-order valence-electron chi connectivity index (χ1n) is 9.61. The molecular weight excluding hydrogens is 516 g/mol. The summed E-state index contributed by atoms with van der Waals surface area (Å²) in [5, 5.41) is 15.2. The third-order valence-corrected chi connectivity index (χ3v) is 6.37. The van der Waals surface area contributed by atoms with E-state index in [0.717, 1.165) is 12.1 Å². The predicted octanol–water partition coefficient (Wildman–Crippen LogP) is 3.96. The second-order valence-corrected chi connectivity index (χ2v) is 9.68. The molecule has 0 fully saturated rings. The van der Waals surface area contributed by atoms with Crippen molar-refractivity contribution >= 4 is 60.3 Å². The zero-order valence-corrected chi connectivity index (χ0v) is 19.9. The van der Waals surface area contributed by atoms with E-state index >= 15 is 0 Å². The number of azo groups is 2. The van der Waals surface area contributed by atoms with E-state index in [4.69, 9.17) is 11.5 Å². The number of nitrogens with zero attached hydrogens (tertiary/aromatic N) is 4. The number of nitrogens with two attached hydrogens (primary N) is 2. The number of carbonyl (C=O) groups is 1. The largest absolute Gasteiger partial charge is 0.465 e. The number of rotatable bonds is 7. The zero-order chi connectivity index (χ0) is 26.7. The summed E-state index contributed by atoms with van der Waals surface area (Å²) >= 11 is 0. The maximum Gasteiger partial charge on any atom is 0.340 e. The van der Waals surface area contributed by atoms with E-state index in [2.05, 4.69) is 25.2 Å². The van der Waals surface area contributed by atoms with Crippen molar-refractivity contribution in [2.24, 2.45) is 20.5 Å². The first kappa shape index (κ1) is 26.4. The van der Waals surface area contributed by atoms with E-state index in [0.29, 0.717) is 0 Å². The van der Waals surface area contributed by atoms with Crippen molar-refractivity contribution in [2.75, 3.05) is 18.6 Å². The summed E-state index contributed by atoms with van der Waals surface area (Å²) in [5.74, 6) is -0.708. The summed E-state index contributed by atoms with van der Waals surface area (Å²) in [6, 6.07) is 11.8. The maximum absolute atomic E-state index is 11.9. The van der Waals surface area contributed by atoms with Crippen LogP contribution in [0.25, 0.3) is 0 Å². The van der Waals surface area contributed by atoms with Gasteiger partial charge in [0.2, 0.25) is 0 Å². The summed E-state index contributed by atoms with van der Waals surface area (Å²) in [6.45, 7) is 0. The van der Waals surface area contributed by atoms with Crippen LogP contribution < -0.4 is 11.5 Å².